The van der Waals surface area contributed by atoms with Crippen molar-refractivity contribution >= 4 is 5.69 Å². The van der Waals surface area contributed by atoms with E-state index in [0.717, 1.165) is 32.0 Å². The van der Waals surface area contributed by atoms with Gasteiger partial charge in [0.05, 0.1) is 24.0 Å². The Kier molecular flexibility index (Phi) is 3.07. The summed E-state index contributed by atoms with van der Waals surface area (Å²) in [6.07, 6.45) is 6.85. The van der Waals surface area contributed by atoms with Gasteiger partial charge >= 0.3 is 0 Å². The second-order valence-electron chi connectivity index (χ2n) is 6.90. The van der Waals surface area contributed by atoms with Crippen molar-refractivity contribution in [2.24, 2.45) is 0 Å². The van der Waals surface area contributed by atoms with Gasteiger partial charge in [0, 0.05) is 31.9 Å². The van der Waals surface area contributed by atoms with Gasteiger partial charge < -0.3 is 4.90 Å². The molecule has 0 spiro atoms. The first-order valence-electron chi connectivity index (χ1n) is 8.58. The second-order valence-corrected chi connectivity index (χ2v) is 6.90. The molecule has 4 heterocycles. The molecule has 0 radical (unpaired) electrons. The van der Waals surface area contributed by atoms with Crippen LogP contribution in [0.15, 0.2) is 18.3 Å². The average Bonchev–Trinajstić information content (AvgIpc) is 3.18. The van der Waals surface area contributed by atoms with Crippen LogP contribution in [0.5, 0.6) is 0 Å². The van der Waals surface area contributed by atoms with Gasteiger partial charge in [-0.2, -0.15) is 0 Å². The standard InChI is InChI=1S/C16H21N7/c1-4-15-14(17-7-1)10-21(9-13-3-2-8-22(13)15)11-16-18-19-20-23(16)12-5-6-12/h1,4,7,12-13H,2-3,5-6,8-11H2/t13-/m0/s1. The summed E-state index contributed by atoms with van der Waals surface area (Å²) in [5.74, 6) is 0.997. The summed E-state index contributed by atoms with van der Waals surface area (Å²) in [5.41, 5.74) is 2.50. The quantitative estimate of drug-likeness (QED) is 0.853. The van der Waals surface area contributed by atoms with Crippen LogP contribution in [-0.2, 0) is 13.1 Å². The maximum absolute atomic E-state index is 4.65. The number of aromatic nitrogens is 5. The van der Waals surface area contributed by atoms with Crippen LogP contribution < -0.4 is 4.90 Å². The first kappa shape index (κ1) is 13.4. The highest BCUT2D eigenvalue weighted by molar-refractivity contribution is 5.53. The maximum atomic E-state index is 4.65. The summed E-state index contributed by atoms with van der Waals surface area (Å²) in [4.78, 5) is 9.66. The highest BCUT2D eigenvalue weighted by atomic mass is 15.6. The van der Waals surface area contributed by atoms with Crippen LogP contribution in [0.2, 0.25) is 0 Å². The summed E-state index contributed by atoms with van der Waals surface area (Å²) in [7, 11) is 0. The zero-order valence-electron chi connectivity index (χ0n) is 13.2. The van der Waals surface area contributed by atoms with Gasteiger partial charge in [0.2, 0.25) is 0 Å². The topological polar surface area (TPSA) is 63.0 Å². The van der Waals surface area contributed by atoms with Gasteiger partial charge in [-0.25, -0.2) is 4.68 Å². The fourth-order valence-corrected chi connectivity index (χ4v) is 3.97. The second kappa shape index (κ2) is 5.26. The van der Waals surface area contributed by atoms with E-state index in [1.807, 2.05) is 10.9 Å². The smallest absolute Gasteiger partial charge is 0.165 e. The first-order chi connectivity index (χ1) is 11.4. The molecular weight excluding hydrogens is 290 g/mol. The van der Waals surface area contributed by atoms with E-state index in [1.165, 1.54) is 37.1 Å². The van der Waals surface area contributed by atoms with Crippen LogP contribution in [0.4, 0.5) is 5.69 Å². The molecule has 7 heteroatoms. The van der Waals surface area contributed by atoms with E-state index in [4.69, 9.17) is 0 Å². The SMILES string of the molecule is c1cnc2c(c1)N1CCC[C@H]1CN(Cc1nnnn1C1CC1)C2. The zero-order valence-corrected chi connectivity index (χ0v) is 13.2. The summed E-state index contributed by atoms with van der Waals surface area (Å²) in [6.45, 7) is 3.90. The largest absolute Gasteiger partial charge is 0.366 e. The number of nitrogens with zero attached hydrogens (tertiary/aromatic N) is 7. The molecule has 1 atom stereocenters. The van der Waals surface area contributed by atoms with E-state index in [1.54, 1.807) is 0 Å². The number of hydrogen-bond donors (Lipinski definition) is 0. The van der Waals surface area contributed by atoms with E-state index in [9.17, 15) is 0 Å². The third kappa shape index (κ3) is 2.39. The van der Waals surface area contributed by atoms with Gasteiger partial charge in [-0.3, -0.25) is 9.88 Å². The van der Waals surface area contributed by atoms with Gasteiger partial charge in [-0.15, -0.1) is 5.10 Å². The molecule has 0 unspecified atom stereocenters. The molecule has 1 saturated carbocycles. The molecule has 23 heavy (non-hydrogen) atoms. The Morgan fingerprint density at radius 1 is 1.17 bits per heavy atom. The molecule has 2 aromatic rings. The Labute approximate surface area is 135 Å². The van der Waals surface area contributed by atoms with Crippen LogP contribution in [-0.4, -0.2) is 49.2 Å². The number of fused-ring (bicyclic) bond motifs is 3. The van der Waals surface area contributed by atoms with Crippen LogP contribution in [0.3, 0.4) is 0 Å². The minimum Gasteiger partial charge on any atom is -0.366 e. The Bertz CT molecular complexity index is 708. The number of rotatable bonds is 3. The van der Waals surface area contributed by atoms with E-state index < -0.39 is 0 Å². The lowest BCUT2D eigenvalue weighted by atomic mass is 10.2. The number of anilines is 1. The molecule has 2 aromatic heterocycles. The monoisotopic (exact) mass is 311 g/mol. The van der Waals surface area contributed by atoms with Gasteiger partial charge in [0.1, 0.15) is 0 Å². The van der Waals surface area contributed by atoms with Crippen LogP contribution in [0, 0.1) is 0 Å². The number of tetrazole rings is 1. The Hall–Kier alpha value is -2.02. The fraction of sp³-hybridized carbons (Fsp3) is 0.625. The van der Waals surface area contributed by atoms with Gasteiger partial charge in [0.15, 0.2) is 5.82 Å². The fourth-order valence-electron chi connectivity index (χ4n) is 3.97. The van der Waals surface area contributed by atoms with Crippen molar-refractivity contribution in [3.8, 4) is 0 Å². The van der Waals surface area contributed by atoms with Crippen molar-refractivity contribution in [1.29, 1.82) is 0 Å². The zero-order chi connectivity index (χ0) is 15.2. The Morgan fingerprint density at radius 2 is 2.13 bits per heavy atom. The highest BCUT2D eigenvalue weighted by Gasteiger charge is 2.33. The summed E-state index contributed by atoms with van der Waals surface area (Å²) >= 11 is 0. The molecule has 0 aromatic carbocycles. The molecule has 1 saturated heterocycles. The van der Waals surface area contributed by atoms with Crippen molar-refractivity contribution < 1.29 is 0 Å². The summed E-state index contributed by atoms with van der Waals surface area (Å²) in [6, 6.07) is 5.39. The van der Waals surface area contributed by atoms with Gasteiger partial charge in [-0.1, -0.05) is 0 Å². The average molecular weight is 311 g/mol. The van der Waals surface area contributed by atoms with Crippen molar-refractivity contribution in [3.63, 3.8) is 0 Å². The molecule has 1 aliphatic carbocycles. The van der Waals surface area contributed by atoms with E-state index >= 15 is 0 Å². The molecule has 5 rings (SSSR count). The van der Waals surface area contributed by atoms with E-state index in [2.05, 4.69) is 42.4 Å². The lowest BCUT2D eigenvalue weighted by Crippen LogP contribution is -2.37. The highest BCUT2D eigenvalue weighted by Crippen LogP contribution is 2.35. The Morgan fingerprint density at radius 3 is 3.04 bits per heavy atom. The third-order valence-electron chi connectivity index (χ3n) is 5.21. The molecule has 0 N–H and O–H groups in total. The predicted octanol–water partition coefficient (Wildman–Crippen LogP) is 1.39. The molecule has 0 bridgehead atoms. The van der Waals surface area contributed by atoms with Crippen molar-refractivity contribution in [2.45, 2.75) is 50.9 Å². The van der Waals surface area contributed by atoms with Crippen LogP contribution in [0.25, 0.3) is 0 Å². The van der Waals surface area contributed by atoms with Crippen molar-refractivity contribution in [3.05, 3.63) is 29.8 Å². The lowest BCUT2D eigenvalue weighted by Gasteiger charge is -2.27. The minimum absolute atomic E-state index is 0.528. The normalized spacial score (nSPS) is 24.3. The van der Waals surface area contributed by atoms with Crippen LogP contribution in [0.1, 0.15) is 43.2 Å². The minimum atomic E-state index is 0.528. The number of pyridine rings is 1. The van der Waals surface area contributed by atoms with E-state index in [0.29, 0.717) is 12.1 Å². The number of hydrogen-bond acceptors (Lipinski definition) is 6. The first-order valence-corrected chi connectivity index (χ1v) is 8.58. The van der Waals surface area contributed by atoms with Gasteiger partial charge in [-0.05, 0) is 48.2 Å². The molecule has 2 fully saturated rings. The third-order valence-corrected chi connectivity index (χ3v) is 5.21. The molecule has 120 valence electrons. The lowest BCUT2D eigenvalue weighted by molar-refractivity contribution is 0.234. The summed E-state index contributed by atoms with van der Waals surface area (Å²) < 4.78 is 2.02. The van der Waals surface area contributed by atoms with Crippen molar-refractivity contribution in [2.75, 3.05) is 18.0 Å². The molecular formula is C16H21N7. The molecule has 0 amide bonds. The molecule has 7 nitrogen and oxygen atoms in total. The molecule has 2 aliphatic heterocycles. The predicted molar refractivity (Wildman–Crippen MR) is 84.8 cm³/mol. The molecule has 3 aliphatic rings. The van der Waals surface area contributed by atoms with Crippen LogP contribution >= 0.6 is 0 Å². The van der Waals surface area contributed by atoms with Gasteiger partial charge in [0.25, 0.3) is 0 Å². The summed E-state index contributed by atoms with van der Waals surface area (Å²) in [5, 5.41) is 12.3. The van der Waals surface area contributed by atoms with Crippen molar-refractivity contribution in [1.82, 2.24) is 30.1 Å². The Balaban J connectivity index is 1.44. The maximum Gasteiger partial charge on any atom is 0.165 e. The van der Waals surface area contributed by atoms with E-state index in [-0.39, 0.29) is 0 Å².